The molecule has 0 aromatic rings. The summed E-state index contributed by atoms with van der Waals surface area (Å²) in [6.45, 7) is 8.38. The lowest BCUT2D eigenvalue weighted by atomic mass is 10.3. The Hall–Kier alpha value is -2.11. The van der Waals surface area contributed by atoms with Crippen molar-refractivity contribution < 1.29 is 23.9 Å². The van der Waals surface area contributed by atoms with E-state index in [2.05, 4.69) is 13.2 Å². The fraction of sp³-hybridized carbons (Fsp3) is 0.500. The molecule has 0 spiro atoms. The van der Waals surface area contributed by atoms with Crippen LogP contribution in [0.5, 0.6) is 0 Å². The van der Waals surface area contributed by atoms with Gasteiger partial charge in [-0.3, -0.25) is 4.79 Å². The third-order valence-corrected chi connectivity index (χ3v) is 2.24. The van der Waals surface area contributed by atoms with Crippen molar-refractivity contribution >= 4 is 18.1 Å². The Labute approximate surface area is 119 Å². The fourth-order valence-electron chi connectivity index (χ4n) is 1.24. The van der Waals surface area contributed by atoms with Gasteiger partial charge < -0.3 is 9.47 Å². The largest absolute Gasteiger partial charge is 0.449 e. The molecule has 0 fully saturated rings. The molecule has 0 bridgehead atoms. The van der Waals surface area contributed by atoms with Gasteiger partial charge in [0.05, 0.1) is 13.2 Å². The summed E-state index contributed by atoms with van der Waals surface area (Å²) < 4.78 is 9.64. The van der Waals surface area contributed by atoms with Crippen LogP contribution in [-0.4, -0.2) is 36.2 Å². The molecule has 6 nitrogen and oxygen atoms in total. The van der Waals surface area contributed by atoms with E-state index < -0.39 is 18.1 Å². The molecule has 0 rings (SSSR count). The smallest absolute Gasteiger partial charge is 0.426 e. The molecule has 20 heavy (non-hydrogen) atoms. The van der Waals surface area contributed by atoms with Gasteiger partial charge in [-0.2, -0.15) is 0 Å². The standard InChI is InChI=1S/C14H21NO5/c1-4-6-8-10-19-13(17)15(12(3)16)14(18)20-11-9-7-5-2/h4-5H,1-2,6-11H2,3H3. The highest BCUT2D eigenvalue weighted by molar-refractivity contribution is 6.05. The van der Waals surface area contributed by atoms with Crippen molar-refractivity contribution in [3.8, 4) is 0 Å². The highest BCUT2D eigenvalue weighted by Gasteiger charge is 2.28. The minimum atomic E-state index is -1.02. The van der Waals surface area contributed by atoms with Crippen LogP contribution in [-0.2, 0) is 14.3 Å². The number of carbonyl (C=O) groups is 3. The minimum absolute atomic E-state index is 0.110. The Morgan fingerprint density at radius 3 is 1.65 bits per heavy atom. The predicted octanol–water partition coefficient (Wildman–Crippen LogP) is 3.04. The second kappa shape index (κ2) is 10.8. The number of ether oxygens (including phenoxy) is 2. The fourth-order valence-corrected chi connectivity index (χ4v) is 1.24. The highest BCUT2D eigenvalue weighted by atomic mass is 16.6. The zero-order valence-electron chi connectivity index (χ0n) is 11.8. The summed E-state index contributed by atoms with van der Waals surface area (Å²) in [4.78, 5) is 34.9. The number of carbonyl (C=O) groups excluding carboxylic acids is 3. The second-order valence-corrected chi connectivity index (χ2v) is 3.94. The highest BCUT2D eigenvalue weighted by Crippen LogP contribution is 2.03. The monoisotopic (exact) mass is 283 g/mol. The molecular formula is C14H21NO5. The lowest BCUT2D eigenvalue weighted by molar-refractivity contribution is -0.125. The molecule has 0 aliphatic rings. The summed E-state index contributed by atoms with van der Waals surface area (Å²) in [5.41, 5.74) is 0. The molecule has 0 unspecified atom stereocenters. The van der Waals surface area contributed by atoms with E-state index in [4.69, 9.17) is 9.47 Å². The molecular weight excluding hydrogens is 262 g/mol. The summed E-state index contributed by atoms with van der Waals surface area (Å²) in [6, 6.07) is 0. The molecule has 112 valence electrons. The van der Waals surface area contributed by atoms with Crippen LogP contribution in [0.1, 0.15) is 32.6 Å². The number of allylic oxidation sites excluding steroid dienone is 2. The van der Waals surface area contributed by atoms with Crippen LogP contribution in [0.3, 0.4) is 0 Å². The zero-order valence-corrected chi connectivity index (χ0v) is 11.8. The van der Waals surface area contributed by atoms with Gasteiger partial charge >= 0.3 is 12.2 Å². The van der Waals surface area contributed by atoms with Gasteiger partial charge in [0.15, 0.2) is 0 Å². The first-order valence-electron chi connectivity index (χ1n) is 6.40. The summed E-state index contributed by atoms with van der Waals surface area (Å²) in [7, 11) is 0. The van der Waals surface area contributed by atoms with Gasteiger partial charge in [-0.25, -0.2) is 9.59 Å². The molecule has 0 aliphatic heterocycles. The number of rotatable bonds is 8. The molecule has 6 heteroatoms. The Balaban J connectivity index is 4.28. The Morgan fingerprint density at radius 2 is 1.35 bits per heavy atom. The van der Waals surface area contributed by atoms with Crippen LogP contribution < -0.4 is 0 Å². The maximum atomic E-state index is 11.6. The molecule has 3 amide bonds. The minimum Gasteiger partial charge on any atom is -0.449 e. The first kappa shape index (κ1) is 17.9. The first-order valence-corrected chi connectivity index (χ1v) is 6.40. The number of unbranched alkanes of at least 4 members (excludes halogenated alkanes) is 2. The molecule has 0 heterocycles. The lowest BCUT2D eigenvalue weighted by Gasteiger charge is -2.16. The maximum Gasteiger partial charge on any atom is 0.426 e. The lowest BCUT2D eigenvalue weighted by Crippen LogP contribution is -2.41. The summed E-state index contributed by atoms with van der Waals surface area (Å²) in [5.74, 6) is -0.743. The van der Waals surface area contributed by atoms with Crippen LogP contribution in [0, 0.1) is 0 Å². The average molecular weight is 283 g/mol. The number of hydrogen-bond acceptors (Lipinski definition) is 5. The average Bonchev–Trinajstić information content (AvgIpc) is 2.39. The van der Waals surface area contributed by atoms with E-state index in [0.717, 1.165) is 6.92 Å². The van der Waals surface area contributed by atoms with Crippen LogP contribution in [0.15, 0.2) is 25.3 Å². The van der Waals surface area contributed by atoms with E-state index in [1.165, 1.54) is 0 Å². The van der Waals surface area contributed by atoms with Crippen molar-refractivity contribution in [2.75, 3.05) is 13.2 Å². The number of amides is 3. The quantitative estimate of drug-likeness (QED) is 0.505. The van der Waals surface area contributed by atoms with E-state index in [-0.39, 0.29) is 13.2 Å². The molecule has 0 aromatic carbocycles. The zero-order chi connectivity index (χ0) is 15.4. The number of imide groups is 3. The summed E-state index contributed by atoms with van der Waals surface area (Å²) in [6.07, 6.45) is 3.85. The molecule has 0 N–H and O–H groups in total. The van der Waals surface area contributed by atoms with Crippen LogP contribution in [0.25, 0.3) is 0 Å². The molecule has 0 aliphatic carbocycles. The van der Waals surface area contributed by atoms with Crippen LogP contribution in [0.2, 0.25) is 0 Å². The second-order valence-electron chi connectivity index (χ2n) is 3.94. The number of nitrogens with zero attached hydrogens (tertiary/aromatic N) is 1. The van der Waals surface area contributed by atoms with Crippen LogP contribution >= 0.6 is 0 Å². The van der Waals surface area contributed by atoms with Crippen molar-refractivity contribution in [2.45, 2.75) is 32.6 Å². The van der Waals surface area contributed by atoms with Crippen molar-refractivity contribution in [2.24, 2.45) is 0 Å². The SMILES string of the molecule is C=CCCCOC(=O)N(C(C)=O)C(=O)OCCCC=C. The van der Waals surface area contributed by atoms with Gasteiger partial charge in [0.1, 0.15) is 0 Å². The van der Waals surface area contributed by atoms with Gasteiger partial charge in [0.25, 0.3) is 0 Å². The number of hydrogen-bond donors (Lipinski definition) is 0. The normalized spacial score (nSPS) is 9.45. The van der Waals surface area contributed by atoms with E-state index in [1.54, 1.807) is 12.2 Å². The predicted molar refractivity (Wildman–Crippen MR) is 74.1 cm³/mol. The van der Waals surface area contributed by atoms with E-state index in [9.17, 15) is 14.4 Å². The van der Waals surface area contributed by atoms with E-state index in [0.29, 0.717) is 30.6 Å². The van der Waals surface area contributed by atoms with Gasteiger partial charge in [0.2, 0.25) is 5.91 Å². The van der Waals surface area contributed by atoms with E-state index in [1.807, 2.05) is 0 Å². The Kier molecular flexibility index (Phi) is 9.64. The van der Waals surface area contributed by atoms with Gasteiger partial charge in [-0.05, 0) is 25.7 Å². The Morgan fingerprint density at radius 1 is 0.950 bits per heavy atom. The molecule has 0 aromatic heterocycles. The summed E-state index contributed by atoms with van der Waals surface area (Å²) in [5, 5.41) is 0. The van der Waals surface area contributed by atoms with Gasteiger partial charge in [-0.15, -0.1) is 18.1 Å². The maximum absolute atomic E-state index is 11.6. The molecule has 0 atom stereocenters. The third kappa shape index (κ3) is 7.35. The molecule has 0 saturated heterocycles. The molecule has 0 radical (unpaired) electrons. The van der Waals surface area contributed by atoms with Crippen molar-refractivity contribution in [1.82, 2.24) is 4.90 Å². The van der Waals surface area contributed by atoms with Gasteiger partial charge in [0, 0.05) is 6.92 Å². The van der Waals surface area contributed by atoms with Crippen LogP contribution in [0.4, 0.5) is 9.59 Å². The summed E-state index contributed by atoms with van der Waals surface area (Å²) >= 11 is 0. The Bertz CT molecular complexity index is 337. The third-order valence-electron chi connectivity index (χ3n) is 2.24. The topological polar surface area (TPSA) is 72.9 Å². The van der Waals surface area contributed by atoms with Crippen molar-refractivity contribution in [3.63, 3.8) is 0 Å². The molecule has 0 saturated carbocycles. The van der Waals surface area contributed by atoms with Crippen molar-refractivity contribution in [3.05, 3.63) is 25.3 Å². The van der Waals surface area contributed by atoms with Crippen molar-refractivity contribution in [1.29, 1.82) is 0 Å². The first-order chi connectivity index (χ1) is 9.54. The van der Waals surface area contributed by atoms with Gasteiger partial charge in [-0.1, -0.05) is 12.2 Å². The van der Waals surface area contributed by atoms with E-state index >= 15 is 0 Å².